The van der Waals surface area contributed by atoms with Crippen molar-refractivity contribution in [2.45, 2.75) is 6.54 Å². The Morgan fingerprint density at radius 3 is 2.92 bits per heavy atom. The monoisotopic (exact) mass is 183 g/mol. The lowest BCUT2D eigenvalue weighted by Gasteiger charge is -2.03. The van der Waals surface area contributed by atoms with Crippen LogP contribution in [0, 0.1) is 10.1 Å². The summed E-state index contributed by atoms with van der Waals surface area (Å²) in [6.45, 7) is 0.0213. The third-order valence-corrected chi connectivity index (χ3v) is 1.56. The lowest BCUT2D eigenvalue weighted by atomic mass is 10.3. The summed E-state index contributed by atoms with van der Waals surface area (Å²) >= 11 is 0. The summed E-state index contributed by atoms with van der Waals surface area (Å²) in [6, 6.07) is 1.43. The van der Waals surface area contributed by atoms with E-state index in [2.05, 4.69) is 4.98 Å². The van der Waals surface area contributed by atoms with Gasteiger partial charge in [0.05, 0.1) is 12.0 Å². The molecule has 1 heterocycles. The van der Waals surface area contributed by atoms with Gasteiger partial charge in [-0.15, -0.1) is 0 Å². The van der Waals surface area contributed by atoms with Crippen molar-refractivity contribution >= 4 is 5.69 Å². The standard InChI is InChI=1S/C7H9N3O3/c1-13-6-2-3-9-5(4-8)7(6)10(11)12/h2-3H,4,8H2,1H3. The van der Waals surface area contributed by atoms with Crippen molar-refractivity contribution < 1.29 is 9.66 Å². The molecule has 1 aromatic rings. The molecule has 0 fully saturated rings. The fraction of sp³-hybridized carbons (Fsp3) is 0.286. The van der Waals surface area contributed by atoms with Crippen LogP contribution in [-0.2, 0) is 6.54 Å². The molecule has 0 aliphatic heterocycles. The van der Waals surface area contributed by atoms with E-state index in [1.54, 1.807) is 0 Å². The van der Waals surface area contributed by atoms with Gasteiger partial charge in [0.25, 0.3) is 0 Å². The van der Waals surface area contributed by atoms with Crippen LogP contribution in [0.2, 0.25) is 0 Å². The zero-order valence-electron chi connectivity index (χ0n) is 7.06. The number of rotatable bonds is 3. The molecule has 6 heteroatoms. The number of hydrogen-bond acceptors (Lipinski definition) is 5. The highest BCUT2D eigenvalue weighted by Gasteiger charge is 2.20. The molecular weight excluding hydrogens is 174 g/mol. The maximum absolute atomic E-state index is 10.6. The molecule has 0 unspecified atom stereocenters. The molecule has 70 valence electrons. The molecule has 13 heavy (non-hydrogen) atoms. The first-order valence-electron chi connectivity index (χ1n) is 3.57. The maximum atomic E-state index is 10.6. The summed E-state index contributed by atoms with van der Waals surface area (Å²) in [5.74, 6) is 0.181. The lowest BCUT2D eigenvalue weighted by Crippen LogP contribution is -2.05. The minimum absolute atomic E-state index is 0.0213. The number of nitrogens with two attached hydrogens (primary N) is 1. The van der Waals surface area contributed by atoms with E-state index in [0.717, 1.165) is 0 Å². The smallest absolute Gasteiger partial charge is 0.333 e. The summed E-state index contributed by atoms with van der Waals surface area (Å²) in [4.78, 5) is 13.8. The van der Waals surface area contributed by atoms with E-state index in [1.807, 2.05) is 0 Å². The summed E-state index contributed by atoms with van der Waals surface area (Å²) in [5, 5.41) is 10.6. The van der Waals surface area contributed by atoms with Gasteiger partial charge in [0.2, 0.25) is 0 Å². The van der Waals surface area contributed by atoms with Gasteiger partial charge in [-0.25, -0.2) is 0 Å². The van der Waals surface area contributed by atoms with Crippen molar-refractivity contribution in [2.75, 3.05) is 7.11 Å². The van der Waals surface area contributed by atoms with Crippen molar-refractivity contribution in [1.82, 2.24) is 4.98 Å². The van der Waals surface area contributed by atoms with Crippen molar-refractivity contribution in [3.8, 4) is 5.75 Å². The Balaban J connectivity index is 3.29. The van der Waals surface area contributed by atoms with Gasteiger partial charge in [-0.05, 0) is 0 Å². The van der Waals surface area contributed by atoms with Gasteiger partial charge >= 0.3 is 5.69 Å². The molecule has 0 atom stereocenters. The third-order valence-electron chi connectivity index (χ3n) is 1.56. The van der Waals surface area contributed by atoms with E-state index in [4.69, 9.17) is 10.5 Å². The number of hydrogen-bond donors (Lipinski definition) is 1. The Bertz CT molecular complexity index is 305. The van der Waals surface area contributed by atoms with Gasteiger partial charge in [-0.1, -0.05) is 0 Å². The van der Waals surface area contributed by atoms with Crippen LogP contribution in [0.15, 0.2) is 12.3 Å². The highest BCUT2D eigenvalue weighted by Crippen LogP contribution is 2.28. The van der Waals surface area contributed by atoms with Crippen LogP contribution in [0.1, 0.15) is 5.69 Å². The molecule has 0 saturated heterocycles. The zero-order chi connectivity index (χ0) is 9.84. The van der Waals surface area contributed by atoms with Crippen LogP contribution in [-0.4, -0.2) is 17.0 Å². The predicted molar refractivity (Wildman–Crippen MR) is 45.3 cm³/mol. The van der Waals surface area contributed by atoms with Crippen molar-refractivity contribution in [2.24, 2.45) is 5.73 Å². The first kappa shape index (κ1) is 9.40. The fourth-order valence-electron chi connectivity index (χ4n) is 0.987. The minimum Gasteiger partial charge on any atom is -0.490 e. The zero-order valence-corrected chi connectivity index (χ0v) is 7.06. The number of ether oxygens (including phenoxy) is 1. The second kappa shape index (κ2) is 3.81. The summed E-state index contributed by atoms with van der Waals surface area (Å²) in [5.41, 5.74) is 5.36. The van der Waals surface area contributed by atoms with E-state index < -0.39 is 4.92 Å². The first-order chi connectivity index (χ1) is 6.20. The molecule has 0 amide bonds. The van der Waals surface area contributed by atoms with Crippen LogP contribution < -0.4 is 10.5 Å². The van der Waals surface area contributed by atoms with E-state index in [-0.39, 0.29) is 23.7 Å². The predicted octanol–water partition coefficient (Wildman–Crippen LogP) is 0.457. The second-order valence-corrected chi connectivity index (χ2v) is 2.27. The van der Waals surface area contributed by atoms with Gasteiger partial charge in [0, 0.05) is 18.8 Å². The number of aromatic nitrogens is 1. The molecule has 0 saturated carbocycles. The maximum Gasteiger partial charge on any atom is 0.333 e. The van der Waals surface area contributed by atoms with Gasteiger partial charge in [0.1, 0.15) is 5.69 Å². The second-order valence-electron chi connectivity index (χ2n) is 2.27. The molecule has 0 aliphatic carbocycles. The Morgan fingerprint density at radius 1 is 1.77 bits per heavy atom. The van der Waals surface area contributed by atoms with Gasteiger partial charge in [-0.2, -0.15) is 0 Å². The molecule has 6 nitrogen and oxygen atoms in total. The molecule has 0 radical (unpaired) electrons. The minimum atomic E-state index is -0.548. The van der Waals surface area contributed by atoms with Crippen LogP contribution >= 0.6 is 0 Å². The van der Waals surface area contributed by atoms with Crippen LogP contribution in [0.4, 0.5) is 5.69 Å². The van der Waals surface area contributed by atoms with E-state index in [0.29, 0.717) is 0 Å². The first-order valence-corrected chi connectivity index (χ1v) is 3.57. The average Bonchev–Trinajstić information content (AvgIpc) is 2.16. The molecule has 0 aliphatic rings. The van der Waals surface area contributed by atoms with Crippen LogP contribution in [0.5, 0.6) is 5.75 Å². The van der Waals surface area contributed by atoms with Gasteiger partial charge in [-0.3, -0.25) is 15.1 Å². The third kappa shape index (κ3) is 1.73. The summed E-state index contributed by atoms with van der Waals surface area (Å²) in [6.07, 6.45) is 1.42. The normalized spacial score (nSPS) is 9.69. The molecule has 1 aromatic heterocycles. The lowest BCUT2D eigenvalue weighted by molar-refractivity contribution is -0.386. The van der Waals surface area contributed by atoms with Gasteiger partial charge < -0.3 is 10.5 Å². The molecule has 0 aromatic carbocycles. The number of nitrogens with zero attached hydrogens (tertiary/aromatic N) is 2. The SMILES string of the molecule is COc1ccnc(CN)c1[N+](=O)[O-]. The highest BCUT2D eigenvalue weighted by atomic mass is 16.6. The van der Waals surface area contributed by atoms with E-state index in [9.17, 15) is 10.1 Å². The molecular formula is C7H9N3O3. The number of nitro groups is 1. The Labute approximate surface area is 74.5 Å². The average molecular weight is 183 g/mol. The number of pyridine rings is 1. The van der Waals surface area contributed by atoms with E-state index >= 15 is 0 Å². The topological polar surface area (TPSA) is 91.3 Å². The Hall–Kier alpha value is -1.69. The van der Waals surface area contributed by atoms with Crippen LogP contribution in [0.25, 0.3) is 0 Å². The fourth-order valence-corrected chi connectivity index (χ4v) is 0.987. The Morgan fingerprint density at radius 2 is 2.46 bits per heavy atom. The number of methoxy groups -OCH3 is 1. The molecule has 0 bridgehead atoms. The highest BCUT2D eigenvalue weighted by molar-refractivity contribution is 5.49. The molecule has 0 spiro atoms. The summed E-state index contributed by atoms with van der Waals surface area (Å²) in [7, 11) is 1.36. The summed E-state index contributed by atoms with van der Waals surface area (Å²) < 4.78 is 4.81. The Kier molecular flexibility index (Phi) is 2.76. The quantitative estimate of drug-likeness (QED) is 0.542. The molecule has 1 rings (SSSR count). The van der Waals surface area contributed by atoms with Crippen molar-refractivity contribution in [1.29, 1.82) is 0 Å². The van der Waals surface area contributed by atoms with Crippen LogP contribution in [0.3, 0.4) is 0 Å². The van der Waals surface area contributed by atoms with Gasteiger partial charge in [0.15, 0.2) is 5.75 Å². The van der Waals surface area contributed by atoms with E-state index in [1.165, 1.54) is 19.4 Å². The van der Waals surface area contributed by atoms with Crippen molar-refractivity contribution in [3.05, 3.63) is 28.1 Å². The molecule has 2 N–H and O–H groups in total. The largest absolute Gasteiger partial charge is 0.490 e. The van der Waals surface area contributed by atoms with Crippen molar-refractivity contribution in [3.63, 3.8) is 0 Å².